The average Bonchev–Trinajstić information content (AvgIpc) is 2.41. The molecule has 1 unspecified atom stereocenters. The molecule has 21 heavy (non-hydrogen) atoms. The van der Waals surface area contributed by atoms with Gasteiger partial charge in [0.25, 0.3) is 10.1 Å². The Morgan fingerprint density at radius 3 is 2.71 bits per heavy atom. The molecule has 1 aromatic rings. The van der Waals surface area contributed by atoms with Gasteiger partial charge < -0.3 is 4.74 Å². The molecule has 0 aliphatic heterocycles. The van der Waals surface area contributed by atoms with Crippen LogP contribution in [0.15, 0.2) is 18.2 Å². The third kappa shape index (κ3) is 5.96. The summed E-state index contributed by atoms with van der Waals surface area (Å²) in [6.07, 6.45) is 0.874. The van der Waals surface area contributed by atoms with Crippen LogP contribution < -0.4 is 5.32 Å². The number of hydrogen-bond donors (Lipinski definition) is 1. The van der Waals surface area contributed by atoms with Gasteiger partial charge in [0.05, 0.1) is 37.6 Å². The molecule has 118 valence electrons. The third-order valence-corrected chi connectivity index (χ3v) is 3.38. The first-order valence-corrected chi connectivity index (χ1v) is 8.02. The Bertz CT molecular complexity index is 608. The fraction of sp³-hybridized carbons (Fsp3) is 0.417. The molecule has 0 saturated heterocycles. The predicted molar refractivity (Wildman–Crippen MR) is 75.0 cm³/mol. The summed E-state index contributed by atoms with van der Waals surface area (Å²) < 4.78 is 45.2. The summed E-state index contributed by atoms with van der Waals surface area (Å²) in [7, 11) is -2.51. The van der Waals surface area contributed by atoms with Gasteiger partial charge in [-0.05, 0) is 6.07 Å². The first-order chi connectivity index (χ1) is 9.74. The number of hydrogen-bond acceptors (Lipinski definition) is 6. The SMILES string of the molecule is COC(=O)CNC(COS(C)(=O)=O)c1cccc(Cl)c1F. The van der Waals surface area contributed by atoms with E-state index in [0.29, 0.717) is 0 Å². The minimum Gasteiger partial charge on any atom is -0.468 e. The molecular weight excluding hydrogens is 325 g/mol. The molecule has 0 heterocycles. The second kappa shape index (κ2) is 7.69. The van der Waals surface area contributed by atoms with E-state index in [1.165, 1.54) is 25.3 Å². The zero-order chi connectivity index (χ0) is 16.0. The summed E-state index contributed by atoms with van der Waals surface area (Å²) in [5.74, 6) is -1.29. The van der Waals surface area contributed by atoms with Crippen LogP contribution in [0.4, 0.5) is 4.39 Å². The van der Waals surface area contributed by atoms with Crippen LogP contribution in [0.1, 0.15) is 11.6 Å². The number of benzene rings is 1. The molecule has 0 fully saturated rings. The minimum atomic E-state index is -3.71. The number of methoxy groups -OCH3 is 1. The summed E-state index contributed by atoms with van der Waals surface area (Å²) in [6, 6.07) is 3.41. The standard InChI is InChI=1S/C12H15ClFNO5S/c1-19-11(16)6-15-10(7-20-21(2,17)18)8-4-3-5-9(13)12(8)14/h3-5,10,15H,6-7H2,1-2H3. The molecule has 6 nitrogen and oxygen atoms in total. The van der Waals surface area contributed by atoms with Crippen molar-refractivity contribution in [2.75, 3.05) is 26.5 Å². The molecule has 1 atom stereocenters. The van der Waals surface area contributed by atoms with Crippen molar-refractivity contribution in [1.82, 2.24) is 5.32 Å². The first-order valence-electron chi connectivity index (χ1n) is 5.83. The van der Waals surface area contributed by atoms with E-state index >= 15 is 0 Å². The number of esters is 1. The maximum absolute atomic E-state index is 14.0. The smallest absolute Gasteiger partial charge is 0.319 e. The molecule has 0 bridgehead atoms. The molecule has 0 amide bonds. The zero-order valence-electron chi connectivity index (χ0n) is 11.4. The molecule has 0 radical (unpaired) electrons. The Morgan fingerprint density at radius 1 is 1.48 bits per heavy atom. The molecular formula is C12H15ClFNO5S. The normalized spacial score (nSPS) is 13.0. The highest BCUT2D eigenvalue weighted by atomic mass is 35.5. The maximum Gasteiger partial charge on any atom is 0.319 e. The first kappa shape index (κ1) is 17.8. The van der Waals surface area contributed by atoms with Gasteiger partial charge in [0, 0.05) is 5.56 Å². The van der Waals surface area contributed by atoms with E-state index in [1.807, 2.05) is 0 Å². The maximum atomic E-state index is 14.0. The van der Waals surface area contributed by atoms with Crippen LogP contribution in [0, 0.1) is 5.82 Å². The lowest BCUT2D eigenvalue weighted by molar-refractivity contribution is -0.139. The monoisotopic (exact) mass is 339 g/mol. The van der Waals surface area contributed by atoms with Gasteiger partial charge in [-0.25, -0.2) is 4.39 Å². The van der Waals surface area contributed by atoms with Crippen molar-refractivity contribution in [3.05, 3.63) is 34.6 Å². The van der Waals surface area contributed by atoms with Crippen molar-refractivity contribution >= 4 is 27.7 Å². The number of ether oxygens (including phenoxy) is 1. The van der Waals surface area contributed by atoms with E-state index in [2.05, 4.69) is 14.2 Å². The molecule has 0 saturated carbocycles. The lowest BCUT2D eigenvalue weighted by atomic mass is 10.1. The van der Waals surface area contributed by atoms with Crippen LogP contribution in [0.25, 0.3) is 0 Å². The highest BCUT2D eigenvalue weighted by molar-refractivity contribution is 7.85. The van der Waals surface area contributed by atoms with E-state index in [1.54, 1.807) is 0 Å². The van der Waals surface area contributed by atoms with Crippen molar-refractivity contribution in [3.63, 3.8) is 0 Å². The molecule has 1 aromatic carbocycles. The van der Waals surface area contributed by atoms with Gasteiger partial charge in [0.2, 0.25) is 0 Å². The van der Waals surface area contributed by atoms with Crippen LogP contribution >= 0.6 is 11.6 Å². The number of halogens is 2. The molecule has 1 N–H and O–H groups in total. The quantitative estimate of drug-likeness (QED) is 0.595. The van der Waals surface area contributed by atoms with Crippen molar-refractivity contribution in [3.8, 4) is 0 Å². The molecule has 9 heteroatoms. The lowest BCUT2D eigenvalue weighted by Crippen LogP contribution is -2.32. The van der Waals surface area contributed by atoms with E-state index < -0.39 is 27.9 Å². The Morgan fingerprint density at radius 2 is 2.14 bits per heavy atom. The van der Waals surface area contributed by atoms with Crippen LogP contribution in [0.2, 0.25) is 5.02 Å². The number of rotatable bonds is 7. The third-order valence-electron chi connectivity index (χ3n) is 2.53. The summed E-state index contributed by atoms with van der Waals surface area (Å²) in [4.78, 5) is 11.1. The Balaban J connectivity index is 2.94. The molecule has 0 aliphatic carbocycles. The number of carbonyl (C=O) groups is 1. The van der Waals surface area contributed by atoms with Gasteiger partial charge in [-0.3, -0.25) is 14.3 Å². The van der Waals surface area contributed by atoms with Gasteiger partial charge in [-0.2, -0.15) is 8.42 Å². The van der Waals surface area contributed by atoms with Gasteiger partial charge in [0.15, 0.2) is 0 Å². The number of nitrogens with one attached hydrogen (secondary N) is 1. The summed E-state index contributed by atoms with van der Waals surface area (Å²) in [6.45, 7) is -0.618. The van der Waals surface area contributed by atoms with E-state index in [-0.39, 0.29) is 23.7 Å². The van der Waals surface area contributed by atoms with Gasteiger partial charge >= 0.3 is 5.97 Å². The second-order valence-electron chi connectivity index (χ2n) is 4.14. The lowest BCUT2D eigenvalue weighted by Gasteiger charge is -2.19. The van der Waals surface area contributed by atoms with Crippen molar-refractivity contribution in [1.29, 1.82) is 0 Å². The highest BCUT2D eigenvalue weighted by Crippen LogP contribution is 2.24. The molecule has 0 spiro atoms. The van der Waals surface area contributed by atoms with Gasteiger partial charge in [-0.1, -0.05) is 23.7 Å². The van der Waals surface area contributed by atoms with Crippen LogP contribution in [-0.2, 0) is 23.8 Å². The molecule has 0 aromatic heterocycles. The summed E-state index contributed by atoms with van der Waals surface area (Å²) in [5.41, 5.74) is 0.0926. The van der Waals surface area contributed by atoms with E-state index in [9.17, 15) is 17.6 Å². The van der Waals surface area contributed by atoms with Crippen LogP contribution in [0.3, 0.4) is 0 Å². The second-order valence-corrected chi connectivity index (χ2v) is 6.19. The highest BCUT2D eigenvalue weighted by Gasteiger charge is 2.20. The van der Waals surface area contributed by atoms with E-state index in [0.717, 1.165) is 6.26 Å². The van der Waals surface area contributed by atoms with Gasteiger partial charge in [-0.15, -0.1) is 0 Å². The number of carbonyl (C=O) groups excluding carboxylic acids is 1. The van der Waals surface area contributed by atoms with Crippen molar-refractivity contribution in [2.24, 2.45) is 0 Å². The topological polar surface area (TPSA) is 81.7 Å². The Kier molecular flexibility index (Phi) is 6.53. The summed E-state index contributed by atoms with van der Waals surface area (Å²) in [5, 5.41) is 2.55. The largest absolute Gasteiger partial charge is 0.468 e. The van der Waals surface area contributed by atoms with Gasteiger partial charge in [0.1, 0.15) is 5.82 Å². The van der Waals surface area contributed by atoms with Crippen molar-refractivity contribution < 1.29 is 26.5 Å². The van der Waals surface area contributed by atoms with E-state index in [4.69, 9.17) is 11.6 Å². The predicted octanol–water partition coefficient (Wildman–Crippen LogP) is 1.26. The average molecular weight is 340 g/mol. The Hall–Kier alpha value is -1.22. The Labute approximate surface area is 127 Å². The zero-order valence-corrected chi connectivity index (χ0v) is 13.0. The minimum absolute atomic E-state index is 0.0926. The fourth-order valence-corrected chi connectivity index (χ4v) is 2.08. The van der Waals surface area contributed by atoms with Crippen LogP contribution in [0.5, 0.6) is 0 Å². The van der Waals surface area contributed by atoms with Crippen molar-refractivity contribution in [2.45, 2.75) is 6.04 Å². The van der Waals surface area contributed by atoms with Crippen LogP contribution in [-0.4, -0.2) is 40.9 Å². The fourth-order valence-electron chi connectivity index (χ4n) is 1.52. The molecule has 0 aliphatic rings. The summed E-state index contributed by atoms with van der Waals surface area (Å²) >= 11 is 5.68. The molecule has 1 rings (SSSR count).